The van der Waals surface area contributed by atoms with E-state index in [1.165, 1.54) is 11.6 Å². The molecule has 1 aromatic rings. The molecule has 0 radical (unpaired) electrons. The summed E-state index contributed by atoms with van der Waals surface area (Å²) in [6, 6.07) is 6.90. The molecule has 0 bridgehead atoms. The van der Waals surface area contributed by atoms with E-state index in [1.54, 1.807) is 6.07 Å². The van der Waals surface area contributed by atoms with Crippen molar-refractivity contribution in [2.45, 2.75) is 52.9 Å². The highest BCUT2D eigenvalue weighted by atomic mass is 16.3. The van der Waals surface area contributed by atoms with Gasteiger partial charge in [0.2, 0.25) is 11.8 Å². The summed E-state index contributed by atoms with van der Waals surface area (Å²) in [5.74, 6) is 0.596. The van der Waals surface area contributed by atoms with E-state index in [0.717, 1.165) is 13.0 Å². The van der Waals surface area contributed by atoms with Gasteiger partial charge in [-0.1, -0.05) is 45.9 Å². The van der Waals surface area contributed by atoms with Crippen LogP contribution in [-0.2, 0) is 9.59 Å². The number of phenolic OH excluding ortho intramolecular Hbond substituents is 1. The number of barbiturate groups is 1. The van der Waals surface area contributed by atoms with E-state index >= 15 is 0 Å². The van der Waals surface area contributed by atoms with Crippen molar-refractivity contribution >= 4 is 17.8 Å². The van der Waals surface area contributed by atoms with Crippen molar-refractivity contribution in [1.82, 2.24) is 15.5 Å². The monoisotopic (exact) mass is 445 g/mol. The predicted octanol–water partition coefficient (Wildman–Crippen LogP) is 4.04. The zero-order valence-corrected chi connectivity index (χ0v) is 20.3. The zero-order valence-electron chi connectivity index (χ0n) is 20.3. The van der Waals surface area contributed by atoms with Gasteiger partial charge in [-0.2, -0.15) is 0 Å². The van der Waals surface area contributed by atoms with Crippen LogP contribution in [0.4, 0.5) is 4.79 Å². The fraction of sp³-hybridized carbons (Fsp3) is 0.560. The number of rotatable bonds is 9. The van der Waals surface area contributed by atoms with Crippen molar-refractivity contribution in [2.24, 2.45) is 17.3 Å². The van der Waals surface area contributed by atoms with Crippen LogP contribution in [0.3, 0.4) is 0 Å². The largest absolute Gasteiger partial charge is 0.508 e. The third-order valence-corrected chi connectivity index (χ3v) is 5.65. The van der Waals surface area contributed by atoms with Crippen molar-refractivity contribution in [2.75, 3.05) is 20.6 Å². The lowest BCUT2D eigenvalue weighted by Gasteiger charge is -2.34. The third-order valence-electron chi connectivity index (χ3n) is 5.65. The Bertz CT molecular complexity index is 784. The number of allylic oxidation sites excluding steroid dienone is 1. The summed E-state index contributed by atoms with van der Waals surface area (Å²) in [5, 5.41) is 13.8. The van der Waals surface area contributed by atoms with Crippen LogP contribution >= 0.6 is 0 Å². The summed E-state index contributed by atoms with van der Waals surface area (Å²) in [5.41, 5.74) is 0.0564. The zero-order chi connectivity index (χ0) is 24.5. The van der Waals surface area contributed by atoms with E-state index in [2.05, 4.69) is 56.1 Å². The van der Waals surface area contributed by atoms with Crippen LogP contribution in [-0.4, -0.2) is 48.5 Å². The Morgan fingerprint density at radius 2 is 1.72 bits per heavy atom. The van der Waals surface area contributed by atoms with Crippen LogP contribution in [0, 0.1) is 17.3 Å². The summed E-state index contributed by atoms with van der Waals surface area (Å²) in [6.45, 7) is 12.9. The quantitative estimate of drug-likeness (QED) is 0.393. The average molecular weight is 446 g/mol. The first-order chi connectivity index (χ1) is 15.0. The normalized spacial score (nSPS) is 17.2. The molecule has 7 nitrogen and oxygen atoms in total. The second kappa shape index (κ2) is 12.4. The van der Waals surface area contributed by atoms with Crippen LogP contribution in [0.25, 0.3) is 0 Å². The minimum atomic E-state index is -1.19. The number of hydrogen-bond donors (Lipinski definition) is 3. The van der Waals surface area contributed by atoms with Crippen molar-refractivity contribution in [1.29, 1.82) is 0 Å². The molecule has 0 aliphatic carbocycles. The van der Waals surface area contributed by atoms with Gasteiger partial charge in [0.05, 0.1) is 0 Å². The summed E-state index contributed by atoms with van der Waals surface area (Å²) in [7, 11) is 4.21. The number of hydrogen-bond acceptors (Lipinski definition) is 5. The Morgan fingerprint density at radius 1 is 1.12 bits per heavy atom. The highest BCUT2D eigenvalue weighted by Gasteiger charge is 2.49. The van der Waals surface area contributed by atoms with Crippen molar-refractivity contribution < 1.29 is 19.5 Å². The molecule has 1 saturated heterocycles. The number of imide groups is 2. The molecular weight excluding hydrogens is 406 g/mol. The van der Waals surface area contributed by atoms with Crippen LogP contribution in [0.5, 0.6) is 5.75 Å². The van der Waals surface area contributed by atoms with Gasteiger partial charge >= 0.3 is 6.03 Å². The van der Waals surface area contributed by atoms with Gasteiger partial charge in [0, 0.05) is 6.54 Å². The van der Waals surface area contributed by atoms with Gasteiger partial charge in [-0.3, -0.25) is 20.2 Å². The lowest BCUT2D eigenvalue weighted by atomic mass is 9.74. The molecule has 178 valence electrons. The Kier molecular flexibility index (Phi) is 10.6. The van der Waals surface area contributed by atoms with Crippen molar-refractivity contribution in [3.8, 4) is 5.75 Å². The van der Waals surface area contributed by atoms with Crippen LogP contribution in [0.1, 0.15) is 58.4 Å². The number of nitrogens with one attached hydrogen (secondary N) is 2. The van der Waals surface area contributed by atoms with Gasteiger partial charge in [0.1, 0.15) is 11.2 Å². The Morgan fingerprint density at radius 3 is 2.16 bits per heavy atom. The summed E-state index contributed by atoms with van der Waals surface area (Å²) in [6.07, 6.45) is 3.26. The number of aromatic hydroxyl groups is 1. The summed E-state index contributed by atoms with van der Waals surface area (Å²) >= 11 is 0. The molecule has 1 aliphatic rings. The second-order valence-electron chi connectivity index (χ2n) is 9.26. The number of carbonyl (C=O) groups excluding carboxylic acids is 3. The first kappa shape index (κ1) is 27.4. The number of amides is 4. The van der Waals surface area contributed by atoms with Crippen molar-refractivity contribution in [3.05, 3.63) is 42.5 Å². The van der Waals surface area contributed by atoms with E-state index in [4.69, 9.17) is 0 Å². The van der Waals surface area contributed by atoms with Crippen molar-refractivity contribution in [3.63, 3.8) is 0 Å². The molecule has 0 unspecified atom stereocenters. The maximum absolute atomic E-state index is 11.8. The van der Waals surface area contributed by atoms with E-state index in [-0.39, 0.29) is 12.3 Å². The maximum Gasteiger partial charge on any atom is 0.328 e. The topological polar surface area (TPSA) is 98.7 Å². The van der Waals surface area contributed by atoms with Crippen LogP contribution in [0.15, 0.2) is 36.9 Å². The first-order valence-electron chi connectivity index (χ1n) is 11.2. The van der Waals surface area contributed by atoms with Crippen LogP contribution < -0.4 is 10.6 Å². The molecule has 0 saturated carbocycles. The van der Waals surface area contributed by atoms with E-state index in [1.807, 2.05) is 26.0 Å². The summed E-state index contributed by atoms with van der Waals surface area (Å²) in [4.78, 5) is 36.8. The molecule has 1 aromatic carbocycles. The molecule has 4 amide bonds. The standard InChI is InChI=1S/C14H23NO.C11H16N2O3/c1-5-14(11(2)10-15(3)4)12-7-6-8-13(16)9-12;1-4-5-11(6-7(2)3)8(14)12-10(16)13-9(11)15/h6-9,11,14,16H,5,10H2,1-4H3;4,7H,1,5-6H2,2-3H3,(H2,12,13,14,15,16)/t11-,14+;/m0./s1. The molecule has 2 rings (SSSR count). The highest BCUT2D eigenvalue weighted by Crippen LogP contribution is 2.33. The molecule has 32 heavy (non-hydrogen) atoms. The number of urea groups is 1. The van der Waals surface area contributed by atoms with Gasteiger partial charge in [-0.15, -0.1) is 6.58 Å². The van der Waals surface area contributed by atoms with Gasteiger partial charge in [0.15, 0.2) is 0 Å². The van der Waals surface area contributed by atoms with E-state index in [0.29, 0.717) is 24.0 Å². The Labute approximate surface area is 192 Å². The fourth-order valence-corrected chi connectivity index (χ4v) is 4.40. The Balaban J connectivity index is 0.000000320. The fourth-order valence-electron chi connectivity index (χ4n) is 4.40. The minimum absolute atomic E-state index is 0.171. The molecule has 2 atom stereocenters. The summed E-state index contributed by atoms with van der Waals surface area (Å²) < 4.78 is 0. The average Bonchev–Trinajstić information content (AvgIpc) is 2.66. The van der Waals surface area contributed by atoms with Gasteiger partial charge in [0.25, 0.3) is 0 Å². The molecule has 1 fully saturated rings. The van der Waals surface area contributed by atoms with Crippen LogP contribution in [0.2, 0.25) is 0 Å². The maximum atomic E-state index is 11.8. The minimum Gasteiger partial charge on any atom is -0.508 e. The van der Waals surface area contributed by atoms with Gasteiger partial charge in [-0.25, -0.2) is 4.79 Å². The van der Waals surface area contributed by atoms with E-state index in [9.17, 15) is 19.5 Å². The number of benzene rings is 1. The van der Waals surface area contributed by atoms with Gasteiger partial charge in [-0.05, 0) is 68.8 Å². The second-order valence-corrected chi connectivity index (χ2v) is 9.26. The van der Waals surface area contributed by atoms with Gasteiger partial charge < -0.3 is 10.0 Å². The molecule has 3 N–H and O–H groups in total. The lowest BCUT2D eigenvalue weighted by molar-refractivity contribution is -0.145. The molecular formula is C25H39N3O4. The Hall–Kier alpha value is -2.67. The molecule has 1 heterocycles. The SMILES string of the molecule is C=CCC1(CC(C)C)C(=O)NC(=O)NC1=O.CC[C@@H](c1cccc(O)c1)[C@@H](C)CN(C)C. The predicted molar refractivity (Wildman–Crippen MR) is 127 cm³/mol. The lowest BCUT2D eigenvalue weighted by Crippen LogP contribution is -2.62. The van der Waals surface area contributed by atoms with E-state index < -0.39 is 23.3 Å². The number of phenols is 1. The molecule has 7 heteroatoms. The number of carbonyl (C=O) groups is 3. The molecule has 0 aromatic heterocycles. The first-order valence-corrected chi connectivity index (χ1v) is 11.2. The smallest absolute Gasteiger partial charge is 0.328 e. The molecule has 1 aliphatic heterocycles. The number of nitrogens with zero attached hydrogens (tertiary/aromatic N) is 1. The third kappa shape index (κ3) is 7.48. The molecule has 0 spiro atoms. The highest BCUT2D eigenvalue weighted by molar-refractivity contribution is 6.19.